The van der Waals surface area contributed by atoms with Gasteiger partial charge in [0.15, 0.2) is 0 Å². The second-order valence-corrected chi connectivity index (χ2v) is 5.30. The van der Waals surface area contributed by atoms with Crippen LogP contribution in [0.1, 0.15) is 17.8 Å². The van der Waals surface area contributed by atoms with E-state index in [1.165, 1.54) is 12.1 Å². The van der Waals surface area contributed by atoms with E-state index in [4.69, 9.17) is 0 Å². The van der Waals surface area contributed by atoms with Crippen molar-refractivity contribution in [3.63, 3.8) is 0 Å². The molecule has 0 spiro atoms. The number of aromatic nitrogens is 3. The van der Waals surface area contributed by atoms with E-state index in [-0.39, 0.29) is 11.5 Å². The monoisotopic (exact) mass is 323 g/mol. The van der Waals surface area contributed by atoms with Crippen molar-refractivity contribution in [2.24, 2.45) is 0 Å². The molecule has 3 rings (SSSR count). The Morgan fingerprint density at radius 3 is 2.57 bits per heavy atom. The predicted octanol–water partition coefficient (Wildman–Crippen LogP) is 2.27. The van der Waals surface area contributed by atoms with Crippen LogP contribution < -0.4 is 4.90 Å². The van der Waals surface area contributed by atoms with Gasteiger partial charge in [-0.15, -0.1) is 0 Å². The SMILES string of the molecule is Fc1cccnc1CN1CCN(c2cc(C(F)F)ncn2)CC1. The van der Waals surface area contributed by atoms with E-state index in [1.807, 2.05) is 4.90 Å². The molecule has 3 heterocycles. The standard InChI is InChI=1S/C15H16F3N5/c16-11-2-1-3-19-13(11)9-22-4-6-23(7-5-22)14-8-12(15(17)18)20-10-21-14/h1-3,8,10,15H,4-7,9H2. The molecule has 1 aliphatic rings. The van der Waals surface area contributed by atoms with Gasteiger partial charge in [0.1, 0.15) is 23.7 Å². The maximum atomic E-state index is 13.6. The van der Waals surface area contributed by atoms with E-state index >= 15 is 0 Å². The van der Waals surface area contributed by atoms with Crippen LogP contribution in [0, 0.1) is 5.82 Å². The molecule has 0 aliphatic carbocycles. The van der Waals surface area contributed by atoms with Crippen molar-refractivity contribution in [1.82, 2.24) is 19.9 Å². The Morgan fingerprint density at radius 1 is 1.09 bits per heavy atom. The molecule has 0 aromatic carbocycles. The lowest BCUT2D eigenvalue weighted by atomic mass is 10.2. The Bertz CT molecular complexity index is 659. The van der Waals surface area contributed by atoms with Gasteiger partial charge >= 0.3 is 0 Å². The second kappa shape index (κ2) is 6.91. The molecule has 2 aromatic heterocycles. The summed E-state index contributed by atoms with van der Waals surface area (Å²) in [6.45, 7) is 3.07. The van der Waals surface area contributed by atoms with Gasteiger partial charge in [-0.2, -0.15) is 0 Å². The number of piperazine rings is 1. The predicted molar refractivity (Wildman–Crippen MR) is 78.7 cm³/mol. The number of halogens is 3. The average Bonchev–Trinajstić information content (AvgIpc) is 2.58. The molecule has 23 heavy (non-hydrogen) atoms. The van der Waals surface area contributed by atoms with E-state index in [0.717, 1.165) is 6.33 Å². The third-order valence-electron chi connectivity index (χ3n) is 3.80. The largest absolute Gasteiger partial charge is 0.354 e. The van der Waals surface area contributed by atoms with Gasteiger partial charge in [-0.25, -0.2) is 23.1 Å². The van der Waals surface area contributed by atoms with Gasteiger partial charge in [-0.3, -0.25) is 9.88 Å². The molecule has 5 nitrogen and oxygen atoms in total. The molecule has 8 heteroatoms. The molecule has 122 valence electrons. The number of anilines is 1. The molecule has 1 aliphatic heterocycles. The molecule has 2 aromatic rings. The minimum Gasteiger partial charge on any atom is -0.354 e. The van der Waals surface area contributed by atoms with Crippen molar-refractivity contribution >= 4 is 5.82 Å². The van der Waals surface area contributed by atoms with Gasteiger partial charge in [0.2, 0.25) is 0 Å². The maximum Gasteiger partial charge on any atom is 0.280 e. The van der Waals surface area contributed by atoms with Crippen LogP contribution in [0.2, 0.25) is 0 Å². The Hall–Kier alpha value is -2.22. The molecule has 0 radical (unpaired) electrons. The quantitative estimate of drug-likeness (QED) is 0.864. The molecule has 0 unspecified atom stereocenters. The van der Waals surface area contributed by atoms with Gasteiger partial charge in [-0.1, -0.05) is 0 Å². The highest BCUT2D eigenvalue weighted by molar-refractivity contribution is 5.39. The first kappa shape index (κ1) is 15.7. The van der Waals surface area contributed by atoms with Crippen LogP contribution in [0.25, 0.3) is 0 Å². The number of nitrogens with zero attached hydrogens (tertiary/aromatic N) is 5. The van der Waals surface area contributed by atoms with Crippen molar-refractivity contribution in [2.45, 2.75) is 13.0 Å². The van der Waals surface area contributed by atoms with E-state index in [9.17, 15) is 13.2 Å². The fraction of sp³-hybridized carbons (Fsp3) is 0.400. The molecule has 0 N–H and O–H groups in total. The molecule has 1 saturated heterocycles. The van der Waals surface area contributed by atoms with Crippen molar-refractivity contribution in [3.8, 4) is 0 Å². The van der Waals surface area contributed by atoms with Crippen LogP contribution in [-0.4, -0.2) is 46.0 Å². The fourth-order valence-electron chi connectivity index (χ4n) is 2.54. The van der Waals surface area contributed by atoms with E-state index in [0.29, 0.717) is 44.2 Å². The van der Waals surface area contributed by atoms with Crippen LogP contribution in [0.5, 0.6) is 0 Å². The Morgan fingerprint density at radius 2 is 1.87 bits per heavy atom. The van der Waals surface area contributed by atoms with Crippen LogP contribution >= 0.6 is 0 Å². The van der Waals surface area contributed by atoms with Gasteiger partial charge in [0, 0.05) is 45.0 Å². The zero-order valence-corrected chi connectivity index (χ0v) is 12.4. The maximum absolute atomic E-state index is 13.6. The number of rotatable bonds is 4. The normalized spacial score (nSPS) is 16.1. The average molecular weight is 323 g/mol. The topological polar surface area (TPSA) is 45.2 Å². The molecule has 1 fully saturated rings. The smallest absolute Gasteiger partial charge is 0.280 e. The molecule has 0 bridgehead atoms. The highest BCUT2D eigenvalue weighted by Gasteiger charge is 2.20. The summed E-state index contributed by atoms with van der Waals surface area (Å²) in [5.41, 5.74) is 0.149. The van der Waals surface area contributed by atoms with E-state index < -0.39 is 6.43 Å². The fourth-order valence-corrected chi connectivity index (χ4v) is 2.54. The van der Waals surface area contributed by atoms with Crippen LogP contribution in [0.4, 0.5) is 19.0 Å². The molecular weight excluding hydrogens is 307 g/mol. The minimum atomic E-state index is -2.61. The second-order valence-electron chi connectivity index (χ2n) is 5.30. The number of hydrogen-bond donors (Lipinski definition) is 0. The van der Waals surface area contributed by atoms with Crippen LogP contribution in [-0.2, 0) is 6.54 Å². The summed E-state index contributed by atoms with van der Waals surface area (Å²) in [4.78, 5) is 15.7. The van der Waals surface area contributed by atoms with Crippen LogP contribution in [0.15, 0.2) is 30.7 Å². The molecule has 0 saturated carbocycles. The summed E-state index contributed by atoms with van der Waals surface area (Å²) < 4.78 is 39.0. The molecular formula is C15H16F3N5. The third-order valence-corrected chi connectivity index (χ3v) is 3.80. The summed E-state index contributed by atoms with van der Waals surface area (Å²) in [5.74, 6) is 0.186. The first-order chi connectivity index (χ1) is 11.1. The van der Waals surface area contributed by atoms with Crippen LogP contribution in [0.3, 0.4) is 0 Å². The number of pyridine rings is 1. The van der Waals surface area contributed by atoms with Crippen molar-refractivity contribution in [1.29, 1.82) is 0 Å². The lowest BCUT2D eigenvalue weighted by molar-refractivity contribution is 0.146. The summed E-state index contributed by atoms with van der Waals surface area (Å²) in [6, 6.07) is 4.27. The molecule has 0 amide bonds. The summed E-state index contributed by atoms with van der Waals surface area (Å²) in [6.07, 6.45) is 0.124. The number of alkyl halides is 2. The Kier molecular flexibility index (Phi) is 4.71. The Balaban J connectivity index is 1.60. The van der Waals surface area contributed by atoms with Gasteiger partial charge < -0.3 is 4.90 Å². The van der Waals surface area contributed by atoms with E-state index in [2.05, 4.69) is 19.9 Å². The van der Waals surface area contributed by atoms with Gasteiger partial charge in [-0.05, 0) is 12.1 Å². The van der Waals surface area contributed by atoms with E-state index in [1.54, 1.807) is 12.3 Å². The summed E-state index contributed by atoms with van der Waals surface area (Å²) >= 11 is 0. The first-order valence-corrected chi connectivity index (χ1v) is 7.30. The van der Waals surface area contributed by atoms with Gasteiger partial charge in [0.25, 0.3) is 6.43 Å². The van der Waals surface area contributed by atoms with Crippen molar-refractivity contribution in [2.75, 3.05) is 31.1 Å². The lowest BCUT2D eigenvalue weighted by Gasteiger charge is -2.35. The summed E-state index contributed by atoms with van der Waals surface area (Å²) in [7, 11) is 0. The zero-order chi connectivity index (χ0) is 16.2. The van der Waals surface area contributed by atoms with Crippen molar-refractivity contribution in [3.05, 3.63) is 47.9 Å². The number of hydrogen-bond acceptors (Lipinski definition) is 5. The van der Waals surface area contributed by atoms with Gasteiger partial charge in [0.05, 0.1) is 5.69 Å². The molecule has 0 atom stereocenters. The minimum absolute atomic E-state index is 0.270. The highest BCUT2D eigenvalue weighted by Crippen LogP contribution is 2.21. The first-order valence-electron chi connectivity index (χ1n) is 7.30. The highest BCUT2D eigenvalue weighted by atomic mass is 19.3. The summed E-state index contributed by atoms with van der Waals surface area (Å²) in [5, 5.41) is 0. The zero-order valence-electron chi connectivity index (χ0n) is 12.4. The lowest BCUT2D eigenvalue weighted by Crippen LogP contribution is -2.46. The Labute approximate surface area is 131 Å². The van der Waals surface area contributed by atoms with Crippen molar-refractivity contribution < 1.29 is 13.2 Å². The third kappa shape index (κ3) is 3.76.